The highest BCUT2D eigenvalue weighted by Crippen LogP contribution is 2.28. The SMILES string of the molecule is CC(CCn1cnc2cc(-c3ccc(OCCN4CCOCC4)cc3F)ccc2c1=O)(C(=O)NO)S(C)(=O)=O. The van der Waals surface area contributed by atoms with Crippen molar-refractivity contribution in [3.05, 3.63) is 58.9 Å². The van der Waals surface area contributed by atoms with Crippen LogP contribution in [0.1, 0.15) is 13.3 Å². The number of hydroxylamine groups is 1. The van der Waals surface area contributed by atoms with Crippen LogP contribution in [-0.4, -0.2) is 84.4 Å². The fourth-order valence-corrected chi connectivity index (χ4v) is 5.19. The fraction of sp³-hybridized carbons (Fsp3) is 0.423. The molecular formula is C26H31FN4O7S. The minimum atomic E-state index is -3.91. The average Bonchev–Trinajstić information content (AvgIpc) is 2.92. The zero-order valence-electron chi connectivity index (χ0n) is 21.7. The van der Waals surface area contributed by atoms with Gasteiger partial charge in [-0.05, 0) is 43.2 Å². The molecule has 210 valence electrons. The lowest BCUT2D eigenvalue weighted by Gasteiger charge is -2.26. The molecule has 1 aliphatic heterocycles. The first-order valence-corrected chi connectivity index (χ1v) is 14.3. The summed E-state index contributed by atoms with van der Waals surface area (Å²) in [5.41, 5.74) is 2.11. The molecule has 1 atom stereocenters. The number of morpholine rings is 1. The average molecular weight is 563 g/mol. The third kappa shape index (κ3) is 6.27. The fourth-order valence-electron chi connectivity index (χ4n) is 4.34. The van der Waals surface area contributed by atoms with Gasteiger partial charge in [-0.3, -0.25) is 24.3 Å². The summed E-state index contributed by atoms with van der Waals surface area (Å²) >= 11 is 0. The highest BCUT2D eigenvalue weighted by Gasteiger charge is 2.43. The number of sulfone groups is 1. The summed E-state index contributed by atoms with van der Waals surface area (Å²) < 4.78 is 49.6. The molecule has 0 radical (unpaired) electrons. The molecule has 0 aliphatic carbocycles. The van der Waals surface area contributed by atoms with E-state index in [0.29, 0.717) is 42.2 Å². The van der Waals surface area contributed by atoms with Gasteiger partial charge in [0.2, 0.25) is 0 Å². The molecule has 39 heavy (non-hydrogen) atoms. The van der Waals surface area contributed by atoms with Crippen molar-refractivity contribution in [3.63, 3.8) is 0 Å². The Kier molecular flexibility index (Phi) is 8.64. The van der Waals surface area contributed by atoms with E-state index in [9.17, 15) is 22.4 Å². The van der Waals surface area contributed by atoms with Crippen LogP contribution in [0.15, 0.2) is 47.5 Å². The Labute approximate surface area is 225 Å². The molecule has 1 unspecified atom stereocenters. The highest BCUT2D eigenvalue weighted by atomic mass is 32.2. The minimum Gasteiger partial charge on any atom is -0.492 e. The van der Waals surface area contributed by atoms with Crippen molar-refractivity contribution < 1.29 is 32.3 Å². The maximum Gasteiger partial charge on any atom is 0.264 e. The first kappa shape index (κ1) is 28.6. The minimum absolute atomic E-state index is 0.137. The van der Waals surface area contributed by atoms with E-state index in [4.69, 9.17) is 14.7 Å². The number of halogens is 1. The second-order valence-electron chi connectivity index (χ2n) is 9.61. The van der Waals surface area contributed by atoms with Crippen LogP contribution in [0, 0.1) is 5.82 Å². The predicted molar refractivity (Wildman–Crippen MR) is 142 cm³/mol. The van der Waals surface area contributed by atoms with Crippen LogP contribution in [0.25, 0.3) is 22.0 Å². The van der Waals surface area contributed by atoms with Gasteiger partial charge in [-0.1, -0.05) is 6.07 Å². The van der Waals surface area contributed by atoms with Crippen molar-refractivity contribution in [2.24, 2.45) is 0 Å². The molecule has 2 aromatic carbocycles. The van der Waals surface area contributed by atoms with E-state index >= 15 is 0 Å². The second-order valence-corrected chi connectivity index (χ2v) is 12.1. The van der Waals surface area contributed by atoms with Crippen molar-refractivity contribution in [3.8, 4) is 16.9 Å². The molecule has 0 spiro atoms. The largest absolute Gasteiger partial charge is 0.492 e. The van der Waals surface area contributed by atoms with Crippen molar-refractivity contribution in [2.75, 3.05) is 45.7 Å². The molecule has 2 heterocycles. The molecule has 1 aliphatic rings. The summed E-state index contributed by atoms with van der Waals surface area (Å²) in [4.78, 5) is 31.6. The maximum absolute atomic E-state index is 15.0. The lowest BCUT2D eigenvalue weighted by Crippen LogP contribution is -2.50. The quantitative estimate of drug-likeness (QED) is 0.279. The number of amides is 1. The molecule has 1 amide bonds. The zero-order valence-corrected chi connectivity index (χ0v) is 22.5. The van der Waals surface area contributed by atoms with E-state index in [1.54, 1.807) is 24.3 Å². The Morgan fingerprint density at radius 1 is 1.21 bits per heavy atom. The Morgan fingerprint density at radius 3 is 2.62 bits per heavy atom. The number of hydrogen-bond donors (Lipinski definition) is 2. The van der Waals surface area contributed by atoms with Gasteiger partial charge >= 0.3 is 0 Å². The number of nitrogens with zero attached hydrogens (tertiary/aromatic N) is 3. The smallest absolute Gasteiger partial charge is 0.264 e. The maximum atomic E-state index is 15.0. The Bertz CT molecular complexity index is 1520. The van der Waals surface area contributed by atoms with Gasteiger partial charge in [-0.2, -0.15) is 0 Å². The van der Waals surface area contributed by atoms with E-state index in [1.807, 2.05) is 0 Å². The van der Waals surface area contributed by atoms with Gasteiger partial charge in [-0.15, -0.1) is 0 Å². The highest BCUT2D eigenvalue weighted by molar-refractivity contribution is 7.92. The van der Waals surface area contributed by atoms with Crippen LogP contribution in [-0.2, 0) is 25.9 Å². The molecule has 11 nitrogen and oxygen atoms in total. The summed E-state index contributed by atoms with van der Waals surface area (Å²) in [6, 6.07) is 9.35. The number of carbonyl (C=O) groups is 1. The summed E-state index contributed by atoms with van der Waals surface area (Å²) in [7, 11) is -3.91. The molecule has 1 saturated heterocycles. The van der Waals surface area contributed by atoms with Gasteiger partial charge in [0, 0.05) is 44.1 Å². The van der Waals surface area contributed by atoms with Crippen molar-refractivity contribution in [1.29, 1.82) is 0 Å². The lowest BCUT2D eigenvalue weighted by atomic mass is 10.0. The van der Waals surface area contributed by atoms with E-state index in [2.05, 4.69) is 9.88 Å². The number of benzene rings is 2. The van der Waals surface area contributed by atoms with Crippen LogP contribution in [0.3, 0.4) is 0 Å². The number of rotatable bonds is 10. The van der Waals surface area contributed by atoms with Gasteiger partial charge < -0.3 is 9.47 Å². The summed E-state index contributed by atoms with van der Waals surface area (Å²) in [6.45, 7) is 5.28. The molecule has 1 fully saturated rings. The summed E-state index contributed by atoms with van der Waals surface area (Å²) in [6.07, 6.45) is 1.86. The summed E-state index contributed by atoms with van der Waals surface area (Å²) in [5, 5.41) is 9.23. The predicted octanol–water partition coefficient (Wildman–Crippen LogP) is 1.61. The second kappa shape index (κ2) is 11.8. The number of hydrogen-bond acceptors (Lipinski definition) is 9. The number of fused-ring (bicyclic) bond motifs is 1. The molecule has 4 rings (SSSR count). The molecule has 3 aromatic rings. The van der Waals surface area contributed by atoms with Crippen LogP contribution in [0.5, 0.6) is 5.75 Å². The van der Waals surface area contributed by atoms with E-state index < -0.39 is 31.9 Å². The van der Waals surface area contributed by atoms with Crippen LogP contribution >= 0.6 is 0 Å². The molecule has 0 saturated carbocycles. The van der Waals surface area contributed by atoms with Gasteiger partial charge in [-0.25, -0.2) is 23.3 Å². The first-order chi connectivity index (χ1) is 18.5. The zero-order chi connectivity index (χ0) is 28.2. The standard InChI is InChI=1S/C26H31FN4O7S/c1-26(25(33)29-34,39(2,35)36)7-8-31-17-28-23-15-18(3-5-21(23)24(31)32)20-6-4-19(16-22(20)27)38-14-11-30-9-12-37-13-10-30/h3-6,15-17,34H,7-14H2,1-2H3,(H,29,33). The Balaban J connectivity index is 1.49. The van der Waals surface area contributed by atoms with Crippen molar-refractivity contribution >= 4 is 26.6 Å². The van der Waals surface area contributed by atoms with Gasteiger partial charge in [0.25, 0.3) is 11.5 Å². The molecule has 2 N–H and O–H groups in total. The molecular weight excluding hydrogens is 531 g/mol. The van der Waals surface area contributed by atoms with Gasteiger partial charge in [0.05, 0.1) is 30.4 Å². The Morgan fingerprint density at radius 2 is 1.95 bits per heavy atom. The third-order valence-electron chi connectivity index (χ3n) is 7.09. The van der Waals surface area contributed by atoms with E-state index in [1.165, 1.54) is 35.4 Å². The van der Waals surface area contributed by atoms with E-state index in [0.717, 1.165) is 25.9 Å². The number of aryl methyl sites for hydroxylation is 1. The number of aromatic nitrogens is 2. The van der Waals surface area contributed by atoms with Gasteiger partial charge in [0.15, 0.2) is 14.6 Å². The molecule has 13 heteroatoms. The van der Waals surface area contributed by atoms with Crippen LogP contribution < -0.4 is 15.8 Å². The number of carbonyl (C=O) groups excluding carboxylic acids is 1. The van der Waals surface area contributed by atoms with Crippen molar-refractivity contribution in [2.45, 2.75) is 24.6 Å². The van der Waals surface area contributed by atoms with Gasteiger partial charge in [0.1, 0.15) is 18.2 Å². The normalized spacial score (nSPS) is 16.1. The topological polar surface area (TPSA) is 140 Å². The first-order valence-electron chi connectivity index (χ1n) is 12.4. The lowest BCUT2D eigenvalue weighted by molar-refractivity contribution is -0.131. The molecule has 0 bridgehead atoms. The number of ether oxygens (including phenoxy) is 2. The van der Waals surface area contributed by atoms with E-state index in [-0.39, 0.29) is 18.4 Å². The summed E-state index contributed by atoms with van der Waals surface area (Å²) in [5.74, 6) is -1.15. The third-order valence-corrected chi connectivity index (χ3v) is 9.11. The van der Waals surface area contributed by atoms with Crippen LogP contribution in [0.2, 0.25) is 0 Å². The number of nitrogens with one attached hydrogen (secondary N) is 1. The molecule has 1 aromatic heterocycles. The van der Waals surface area contributed by atoms with Crippen LogP contribution in [0.4, 0.5) is 4.39 Å². The van der Waals surface area contributed by atoms with Crippen molar-refractivity contribution in [1.82, 2.24) is 19.9 Å². The Hall–Kier alpha value is -3.39. The monoisotopic (exact) mass is 562 g/mol.